The number of carbonyl (C=O) groups excluding carboxylic acids is 2. The molecule has 0 fully saturated rings. The molecule has 0 aromatic heterocycles. The van der Waals surface area contributed by atoms with Crippen LogP contribution < -0.4 is 9.62 Å². The average Bonchev–Trinajstić information content (AvgIpc) is 2.78. The van der Waals surface area contributed by atoms with E-state index in [2.05, 4.69) is 5.32 Å². The van der Waals surface area contributed by atoms with Crippen LogP contribution in [0.2, 0.25) is 0 Å². The van der Waals surface area contributed by atoms with Crippen molar-refractivity contribution < 1.29 is 18.0 Å². The van der Waals surface area contributed by atoms with Gasteiger partial charge in [-0.15, -0.1) is 0 Å². The summed E-state index contributed by atoms with van der Waals surface area (Å²) in [6, 6.07) is 15.7. The number of benzene rings is 2. The first kappa shape index (κ1) is 25.4. The molecule has 2 aromatic rings. The van der Waals surface area contributed by atoms with Gasteiger partial charge in [-0.25, -0.2) is 8.42 Å². The first-order valence-corrected chi connectivity index (χ1v) is 12.7. The zero-order valence-corrected chi connectivity index (χ0v) is 20.1. The molecule has 32 heavy (non-hydrogen) atoms. The molecule has 0 aliphatic rings. The highest BCUT2D eigenvalue weighted by Gasteiger charge is 2.29. The van der Waals surface area contributed by atoms with Gasteiger partial charge < -0.3 is 10.2 Å². The summed E-state index contributed by atoms with van der Waals surface area (Å²) in [6.07, 6.45) is 2.68. The van der Waals surface area contributed by atoms with E-state index >= 15 is 0 Å². The predicted octanol–water partition coefficient (Wildman–Crippen LogP) is 2.96. The Morgan fingerprint density at radius 3 is 2.12 bits per heavy atom. The van der Waals surface area contributed by atoms with Gasteiger partial charge in [0, 0.05) is 13.1 Å². The Labute approximate surface area is 191 Å². The summed E-state index contributed by atoms with van der Waals surface area (Å²) in [7, 11) is -3.71. The molecule has 1 atom stereocenters. The van der Waals surface area contributed by atoms with E-state index < -0.39 is 22.0 Å². The summed E-state index contributed by atoms with van der Waals surface area (Å²) < 4.78 is 26.1. The van der Waals surface area contributed by atoms with Crippen molar-refractivity contribution >= 4 is 27.5 Å². The molecule has 1 N–H and O–H groups in total. The summed E-state index contributed by atoms with van der Waals surface area (Å²) in [5.41, 5.74) is 2.34. The number of aryl methyl sites for hydroxylation is 1. The maximum absolute atomic E-state index is 13.4. The molecule has 174 valence electrons. The molecule has 0 spiro atoms. The third kappa shape index (κ3) is 7.09. The van der Waals surface area contributed by atoms with Crippen molar-refractivity contribution in [3.63, 3.8) is 0 Å². The van der Waals surface area contributed by atoms with Crippen LogP contribution in [0.25, 0.3) is 0 Å². The van der Waals surface area contributed by atoms with Crippen LogP contribution in [0.4, 0.5) is 5.69 Å². The molecule has 8 heteroatoms. The lowest BCUT2D eigenvalue weighted by Gasteiger charge is -2.31. The van der Waals surface area contributed by atoms with E-state index in [1.165, 1.54) is 4.90 Å². The molecule has 0 aliphatic heterocycles. The lowest BCUT2D eigenvalue weighted by Crippen LogP contribution is -2.51. The second kappa shape index (κ2) is 11.7. The fourth-order valence-electron chi connectivity index (χ4n) is 3.27. The van der Waals surface area contributed by atoms with Gasteiger partial charge in [-0.3, -0.25) is 13.9 Å². The monoisotopic (exact) mass is 459 g/mol. The maximum atomic E-state index is 13.4. The molecule has 0 bridgehead atoms. The molecule has 2 aromatic carbocycles. The number of sulfonamides is 1. The van der Waals surface area contributed by atoms with Gasteiger partial charge in [0.05, 0.1) is 11.9 Å². The Morgan fingerprint density at radius 1 is 0.969 bits per heavy atom. The highest BCUT2D eigenvalue weighted by molar-refractivity contribution is 7.92. The van der Waals surface area contributed by atoms with Gasteiger partial charge in [0.25, 0.3) is 0 Å². The topological polar surface area (TPSA) is 86.8 Å². The number of amides is 2. The van der Waals surface area contributed by atoms with Crippen LogP contribution >= 0.6 is 0 Å². The second-order valence-corrected chi connectivity index (χ2v) is 9.67. The number of carbonyl (C=O) groups is 2. The van der Waals surface area contributed by atoms with E-state index in [0.717, 1.165) is 34.5 Å². The molecule has 0 aliphatic carbocycles. The summed E-state index contributed by atoms with van der Waals surface area (Å²) in [6.45, 7) is 5.95. The highest BCUT2D eigenvalue weighted by Crippen LogP contribution is 2.20. The summed E-state index contributed by atoms with van der Waals surface area (Å²) in [5.74, 6) is -0.715. The lowest BCUT2D eigenvalue weighted by molar-refractivity contribution is -0.139. The number of hydrogen-bond acceptors (Lipinski definition) is 4. The van der Waals surface area contributed by atoms with Crippen LogP contribution in [0.15, 0.2) is 54.6 Å². The number of nitrogens with zero attached hydrogens (tertiary/aromatic N) is 2. The van der Waals surface area contributed by atoms with Crippen molar-refractivity contribution in [3.05, 3.63) is 65.7 Å². The molecule has 0 saturated carbocycles. The minimum atomic E-state index is -3.71. The number of hydrogen-bond donors (Lipinski definition) is 1. The molecule has 0 radical (unpaired) electrons. The van der Waals surface area contributed by atoms with Gasteiger partial charge in [0.1, 0.15) is 12.6 Å². The fourth-order valence-corrected chi connectivity index (χ4v) is 4.12. The van der Waals surface area contributed by atoms with Crippen LogP contribution in [-0.4, -0.2) is 50.5 Å². The first-order valence-electron chi connectivity index (χ1n) is 10.8. The van der Waals surface area contributed by atoms with Crippen molar-refractivity contribution in [1.29, 1.82) is 0 Å². The Balaban J connectivity index is 2.33. The molecule has 7 nitrogen and oxygen atoms in total. The van der Waals surface area contributed by atoms with Crippen LogP contribution in [0, 0.1) is 0 Å². The van der Waals surface area contributed by atoms with Crippen LogP contribution in [0.3, 0.4) is 0 Å². The molecule has 0 unspecified atom stereocenters. The molecule has 2 amide bonds. The maximum Gasteiger partial charge on any atom is 0.244 e. The minimum Gasteiger partial charge on any atom is -0.354 e. The molecular weight excluding hydrogens is 426 g/mol. The number of rotatable bonds is 11. The van der Waals surface area contributed by atoms with Crippen LogP contribution in [-0.2, 0) is 32.6 Å². The smallest absolute Gasteiger partial charge is 0.244 e. The summed E-state index contributed by atoms with van der Waals surface area (Å²) in [5, 5.41) is 2.82. The third-order valence-corrected chi connectivity index (χ3v) is 6.36. The van der Waals surface area contributed by atoms with Gasteiger partial charge in [-0.1, -0.05) is 56.3 Å². The zero-order chi connectivity index (χ0) is 23.7. The summed E-state index contributed by atoms with van der Waals surface area (Å²) >= 11 is 0. The normalized spacial score (nSPS) is 12.1. The van der Waals surface area contributed by atoms with Gasteiger partial charge in [-0.05, 0) is 43.0 Å². The van der Waals surface area contributed by atoms with E-state index in [9.17, 15) is 18.0 Å². The van der Waals surface area contributed by atoms with Gasteiger partial charge in [0.2, 0.25) is 21.8 Å². The van der Waals surface area contributed by atoms with E-state index in [4.69, 9.17) is 0 Å². The van der Waals surface area contributed by atoms with Crippen LogP contribution in [0.5, 0.6) is 0 Å². The SMILES string of the molecule is CCCNC(=O)[C@@H](C)N(Cc1ccccc1)C(=O)CN(c1ccc(CC)cc1)S(C)(=O)=O. The Morgan fingerprint density at radius 2 is 1.59 bits per heavy atom. The first-order chi connectivity index (χ1) is 15.2. The number of anilines is 1. The third-order valence-electron chi connectivity index (χ3n) is 5.22. The Bertz CT molecular complexity index is 992. The lowest BCUT2D eigenvalue weighted by atomic mass is 10.1. The average molecular weight is 460 g/mol. The molecular formula is C24H33N3O4S. The fraction of sp³-hybridized carbons (Fsp3) is 0.417. The van der Waals surface area contributed by atoms with E-state index in [1.54, 1.807) is 19.1 Å². The van der Waals surface area contributed by atoms with Gasteiger partial charge in [0.15, 0.2) is 0 Å². The Kier molecular flexibility index (Phi) is 9.26. The van der Waals surface area contributed by atoms with Crippen molar-refractivity contribution in [1.82, 2.24) is 10.2 Å². The van der Waals surface area contributed by atoms with Gasteiger partial charge in [-0.2, -0.15) is 0 Å². The zero-order valence-electron chi connectivity index (χ0n) is 19.2. The van der Waals surface area contributed by atoms with E-state index in [1.807, 2.05) is 56.3 Å². The van der Waals surface area contributed by atoms with Crippen molar-refractivity contribution in [3.8, 4) is 0 Å². The predicted molar refractivity (Wildman–Crippen MR) is 128 cm³/mol. The standard InChI is InChI=1S/C24H33N3O4S/c1-5-16-25-24(29)19(3)26(17-21-10-8-7-9-11-21)23(28)18-27(32(4,30)31)22-14-12-20(6-2)13-15-22/h7-15,19H,5-6,16-18H2,1-4H3,(H,25,29)/t19-/m1/s1. The van der Waals surface area contributed by atoms with Crippen molar-refractivity contribution in [2.75, 3.05) is 23.7 Å². The van der Waals surface area contributed by atoms with E-state index in [-0.39, 0.29) is 19.0 Å². The Hall–Kier alpha value is -2.87. The minimum absolute atomic E-state index is 0.201. The highest BCUT2D eigenvalue weighted by atomic mass is 32.2. The second-order valence-electron chi connectivity index (χ2n) is 7.76. The number of nitrogens with one attached hydrogen (secondary N) is 1. The molecule has 2 rings (SSSR count). The molecule has 0 saturated heterocycles. The van der Waals surface area contributed by atoms with E-state index in [0.29, 0.717) is 12.2 Å². The quantitative estimate of drug-likeness (QED) is 0.560. The van der Waals surface area contributed by atoms with Gasteiger partial charge >= 0.3 is 0 Å². The van der Waals surface area contributed by atoms with Crippen molar-refractivity contribution in [2.24, 2.45) is 0 Å². The van der Waals surface area contributed by atoms with Crippen LogP contribution in [0.1, 0.15) is 38.3 Å². The summed E-state index contributed by atoms with van der Waals surface area (Å²) in [4.78, 5) is 27.4. The van der Waals surface area contributed by atoms with Crippen molar-refractivity contribution in [2.45, 2.75) is 46.2 Å². The largest absolute Gasteiger partial charge is 0.354 e. The molecule has 0 heterocycles.